The molecule has 0 fully saturated rings. The van der Waals surface area contributed by atoms with Gasteiger partial charge < -0.3 is 15.2 Å². The van der Waals surface area contributed by atoms with E-state index in [0.29, 0.717) is 18.7 Å². The summed E-state index contributed by atoms with van der Waals surface area (Å²) < 4.78 is 4.50. The number of nitrogens with zero attached hydrogens (tertiary/aromatic N) is 1. The summed E-state index contributed by atoms with van der Waals surface area (Å²) in [4.78, 5) is 21.6. The lowest BCUT2D eigenvalue weighted by Crippen LogP contribution is -2.18. The molecule has 0 aromatic heterocycles. The number of aliphatic hydroxyl groups is 1. The molecule has 0 unspecified atom stereocenters. The Hall–Kier alpha value is -1.99. The first-order chi connectivity index (χ1) is 8.60. The first-order valence-electron chi connectivity index (χ1n) is 5.27. The molecular weight excluding hydrogens is 240 g/mol. The number of carbonyl (C=O) groups excluding carboxylic acids is 1. The Morgan fingerprint density at radius 3 is 2.83 bits per heavy atom. The van der Waals surface area contributed by atoms with Gasteiger partial charge in [0.1, 0.15) is 5.56 Å². The number of rotatable bonds is 6. The predicted molar refractivity (Wildman–Crippen MR) is 63.2 cm³/mol. The number of carbonyl (C=O) groups is 1. The fraction of sp³-hybridized carbons (Fsp3) is 0.364. The van der Waals surface area contributed by atoms with Crippen LogP contribution in [0.5, 0.6) is 0 Å². The summed E-state index contributed by atoms with van der Waals surface area (Å²) in [6, 6.07) is 4.23. The molecule has 0 amide bonds. The van der Waals surface area contributed by atoms with Crippen LogP contribution in [0.3, 0.4) is 0 Å². The van der Waals surface area contributed by atoms with Crippen LogP contribution in [-0.4, -0.2) is 36.3 Å². The van der Waals surface area contributed by atoms with Gasteiger partial charge in [-0.05, 0) is 11.6 Å². The summed E-state index contributed by atoms with van der Waals surface area (Å²) in [7, 11) is 1.17. The lowest BCUT2D eigenvalue weighted by atomic mass is 10.1. The molecule has 0 bridgehead atoms. The number of nitrogens with one attached hydrogen (secondary N) is 1. The molecule has 0 heterocycles. The summed E-state index contributed by atoms with van der Waals surface area (Å²) in [5.41, 5.74) is 0.341. The maximum Gasteiger partial charge on any atom is 0.344 e. The van der Waals surface area contributed by atoms with Crippen molar-refractivity contribution in [3.63, 3.8) is 0 Å². The predicted octanol–water partition coefficient (Wildman–Crippen LogP) is 0.463. The van der Waals surface area contributed by atoms with Crippen molar-refractivity contribution in [2.24, 2.45) is 0 Å². The van der Waals surface area contributed by atoms with E-state index in [1.54, 1.807) is 6.07 Å². The number of aliphatic hydroxyl groups excluding tert-OH is 1. The lowest BCUT2D eigenvalue weighted by molar-refractivity contribution is -0.385. The standard InChI is InChI=1S/C11H14N2O5/c1-18-11(15)9-6-8(7-12-4-5-14)2-3-10(9)13(16)17/h2-3,6,12,14H,4-5,7H2,1H3. The molecule has 0 saturated heterocycles. The first kappa shape index (κ1) is 14.1. The molecule has 7 heteroatoms. The third kappa shape index (κ3) is 3.51. The van der Waals surface area contributed by atoms with Crippen molar-refractivity contribution in [2.75, 3.05) is 20.3 Å². The summed E-state index contributed by atoms with van der Waals surface area (Å²) in [6.45, 7) is 0.809. The largest absolute Gasteiger partial charge is 0.465 e. The summed E-state index contributed by atoms with van der Waals surface area (Å²) in [5, 5.41) is 22.3. The van der Waals surface area contributed by atoms with Crippen LogP contribution in [-0.2, 0) is 11.3 Å². The van der Waals surface area contributed by atoms with Gasteiger partial charge >= 0.3 is 5.97 Å². The Morgan fingerprint density at radius 2 is 2.28 bits per heavy atom. The van der Waals surface area contributed by atoms with E-state index < -0.39 is 10.9 Å². The average molecular weight is 254 g/mol. The van der Waals surface area contributed by atoms with E-state index in [4.69, 9.17) is 5.11 Å². The van der Waals surface area contributed by atoms with Gasteiger partial charge in [-0.15, -0.1) is 0 Å². The molecule has 18 heavy (non-hydrogen) atoms. The van der Waals surface area contributed by atoms with Gasteiger partial charge in [0.2, 0.25) is 0 Å². The SMILES string of the molecule is COC(=O)c1cc(CNCCO)ccc1[N+](=O)[O-]. The second kappa shape index (κ2) is 6.67. The van der Waals surface area contributed by atoms with Gasteiger partial charge in [0.05, 0.1) is 18.6 Å². The van der Waals surface area contributed by atoms with Crippen molar-refractivity contribution in [1.29, 1.82) is 0 Å². The van der Waals surface area contributed by atoms with Gasteiger partial charge in [-0.25, -0.2) is 4.79 Å². The molecule has 1 aromatic carbocycles. The van der Waals surface area contributed by atoms with Crippen molar-refractivity contribution >= 4 is 11.7 Å². The first-order valence-corrected chi connectivity index (χ1v) is 5.27. The Kier molecular flexibility index (Phi) is 5.22. The zero-order chi connectivity index (χ0) is 13.5. The molecule has 0 aliphatic rings. The Labute approximate surface area is 104 Å². The number of benzene rings is 1. The molecular formula is C11H14N2O5. The van der Waals surface area contributed by atoms with Crippen LogP contribution in [0.25, 0.3) is 0 Å². The second-order valence-corrected chi connectivity index (χ2v) is 3.50. The van der Waals surface area contributed by atoms with Gasteiger partial charge in [-0.1, -0.05) is 6.07 Å². The quantitative estimate of drug-likeness (QED) is 0.331. The summed E-state index contributed by atoms with van der Waals surface area (Å²) in [5.74, 6) is -0.745. The molecule has 0 radical (unpaired) electrons. The molecule has 0 spiro atoms. The van der Waals surface area contributed by atoms with E-state index in [2.05, 4.69) is 10.1 Å². The molecule has 0 atom stereocenters. The smallest absolute Gasteiger partial charge is 0.344 e. The van der Waals surface area contributed by atoms with Crippen LogP contribution in [0.2, 0.25) is 0 Å². The van der Waals surface area contributed by atoms with Gasteiger partial charge in [-0.2, -0.15) is 0 Å². The van der Waals surface area contributed by atoms with E-state index in [9.17, 15) is 14.9 Å². The molecule has 1 aromatic rings. The minimum atomic E-state index is -0.745. The fourth-order valence-corrected chi connectivity index (χ4v) is 1.44. The molecule has 98 valence electrons. The van der Waals surface area contributed by atoms with Crippen LogP contribution < -0.4 is 5.32 Å². The van der Waals surface area contributed by atoms with Crippen LogP contribution in [0.4, 0.5) is 5.69 Å². The number of hydrogen-bond donors (Lipinski definition) is 2. The van der Waals surface area contributed by atoms with Crippen LogP contribution in [0, 0.1) is 10.1 Å². The van der Waals surface area contributed by atoms with Crippen LogP contribution in [0.15, 0.2) is 18.2 Å². The van der Waals surface area contributed by atoms with Crippen molar-refractivity contribution < 1.29 is 19.6 Å². The normalized spacial score (nSPS) is 10.1. The minimum absolute atomic E-state index is 0.00313. The number of hydrogen-bond acceptors (Lipinski definition) is 6. The lowest BCUT2D eigenvalue weighted by Gasteiger charge is -2.06. The zero-order valence-electron chi connectivity index (χ0n) is 9.88. The maximum atomic E-state index is 11.4. The average Bonchev–Trinajstić information content (AvgIpc) is 2.37. The highest BCUT2D eigenvalue weighted by atomic mass is 16.6. The molecule has 0 aliphatic carbocycles. The van der Waals surface area contributed by atoms with Gasteiger partial charge in [0, 0.05) is 19.2 Å². The third-order valence-corrected chi connectivity index (χ3v) is 2.28. The van der Waals surface area contributed by atoms with Crippen LogP contribution in [0.1, 0.15) is 15.9 Å². The number of nitro benzene ring substituents is 1. The Bertz CT molecular complexity index is 447. The number of ether oxygens (including phenoxy) is 1. The molecule has 7 nitrogen and oxygen atoms in total. The number of nitro groups is 1. The summed E-state index contributed by atoms with van der Waals surface area (Å²) >= 11 is 0. The number of esters is 1. The topological polar surface area (TPSA) is 102 Å². The summed E-state index contributed by atoms with van der Waals surface area (Å²) in [6.07, 6.45) is 0. The third-order valence-electron chi connectivity index (χ3n) is 2.28. The van der Waals surface area contributed by atoms with Crippen molar-refractivity contribution in [3.05, 3.63) is 39.4 Å². The Balaban J connectivity index is 2.98. The second-order valence-electron chi connectivity index (χ2n) is 3.50. The van der Waals surface area contributed by atoms with Crippen molar-refractivity contribution in [1.82, 2.24) is 5.32 Å². The maximum absolute atomic E-state index is 11.4. The van der Waals surface area contributed by atoms with E-state index in [1.165, 1.54) is 19.2 Å². The fourth-order valence-electron chi connectivity index (χ4n) is 1.44. The van der Waals surface area contributed by atoms with Crippen molar-refractivity contribution in [3.8, 4) is 0 Å². The van der Waals surface area contributed by atoms with E-state index in [1.807, 2.05) is 0 Å². The van der Waals surface area contributed by atoms with Gasteiger partial charge in [-0.3, -0.25) is 10.1 Å². The van der Waals surface area contributed by atoms with E-state index >= 15 is 0 Å². The molecule has 0 aliphatic heterocycles. The van der Waals surface area contributed by atoms with Gasteiger partial charge in [0.25, 0.3) is 5.69 Å². The number of methoxy groups -OCH3 is 1. The monoisotopic (exact) mass is 254 g/mol. The molecule has 0 saturated carbocycles. The highest BCUT2D eigenvalue weighted by Crippen LogP contribution is 2.20. The molecule has 1 rings (SSSR count). The zero-order valence-corrected chi connectivity index (χ0v) is 9.88. The van der Waals surface area contributed by atoms with E-state index in [-0.39, 0.29) is 17.9 Å². The molecule has 2 N–H and O–H groups in total. The van der Waals surface area contributed by atoms with E-state index in [0.717, 1.165) is 0 Å². The minimum Gasteiger partial charge on any atom is -0.465 e. The van der Waals surface area contributed by atoms with Crippen molar-refractivity contribution in [2.45, 2.75) is 6.54 Å². The Morgan fingerprint density at radius 1 is 1.56 bits per heavy atom. The van der Waals surface area contributed by atoms with Gasteiger partial charge in [0.15, 0.2) is 0 Å². The van der Waals surface area contributed by atoms with Crippen LogP contribution >= 0.6 is 0 Å². The highest BCUT2D eigenvalue weighted by Gasteiger charge is 2.20. The highest BCUT2D eigenvalue weighted by molar-refractivity contribution is 5.94.